The molecule has 1 heterocycles. The van der Waals surface area contributed by atoms with Crippen molar-refractivity contribution in [1.29, 1.82) is 0 Å². The van der Waals surface area contributed by atoms with Gasteiger partial charge in [0.15, 0.2) is 0 Å². The Bertz CT molecular complexity index is 365. The molecule has 2 rings (SSSR count). The molecule has 2 N–H and O–H groups in total. The minimum Gasteiger partial charge on any atom is -0.371 e. The quantitative estimate of drug-likeness (QED) is 0.844. The van der Waals surface area contributed by atoms with Crippen LogP contribution >= 0.6 is 0 Å². The summed E-state index contributed by atoms with van der Waals surface area (Å²) in [6.07, 6.45) is 3.67. The molecule has 0 radical (unpaired) electrons. The van der Waals surface area contributed by atoms with Crippen LogP contribution in [0.2, 0.25) is 0 Å². The fraction of sp³-hybridized carbons (Fsp3) is 0.571. The smallest absolute Gasteiger partial charge is 0.0398 e. The zero-order valence-corrected chi connectivity index (χ0v) is 10.4. The molecule has 1 aliphatic rings. The van der Waals surface area contributed by atoms with Gasteiger partial charge in [-0.05, 0) is 62.4 Å². The average Bonchev–Trinajstić information content (AvgIpc) is 2.76. The van der Waals surface area contributed by atoms with Gasteiger partial charge in [-0.25, -0.2) is 0 Å². The van der Waals surface area contributed by atoms with E-state index in [1.807, 2.05) is 0 Å². The van der Waals surface area contributed by atoms with Crippen molar-refractivity contribution in [2.24, 2.45) is 5.73 Å². The molecule has 16 heavy (non-hydrogen) atoms. The van der Waals surface area contributed by atoms with E-state index in [4.69, 9.17) is 5.73 Å². The van der Waals surface area contributed by atoms with Gasteiger partial charge in [0.25, 0.3) is 0 Å². The lowest BCUT2D eigenvalue weighted by Crippen LogP contribution is -2.19. The Morgan fingerprint density at radius 2 is 1.81 bits per heavy atom. The molecule has 1 aromatic rings. The van der Waals surface area contributed by atoms with Crippen molar-refractivity contribution < 1.29 is 0 Å². The van der Waals surface area contributed by atoms with E-state index in [0.717, 1.165) is 13.0 Å². The number of anilines is 1. The van der Waals surface area contributed by atoms with Gasteiger partial charge in [-0.3, -0.25) is 0 Å². The molecular weight excluding hydrogens is 196 g/mol. The van der Waals surface area contributed by atoms with Gasteiger partial charge >= 0.3 is 0 Å². The maximum Gasteiger partial charge on any atom is 0.0398 e. The van der Waals surface area contributed by atoms with Crippen LogP contribution in [-0.4, -0.2) is 19.6 Å². The van der Waals surface area contributed by atoms with Crippen LogP contribution < -0.4 is 10.6 Å². The number of nitrogens with two attached hydrogens (primary N) is 1. The molecule has 0 atom stereocenters. The van der Waals surface area contributed by atoms with Gasteiger partial charge in [0, 0.05) is 18.8 Å². The highest BCUT2D eigenvalue weighted by Gasteiger charge is 2.15. The Hall–Kier alpha value is -1.02. The number of rotatable bonds is 3. The molecule has 0 spiro atoms. The highest BCUT2D eigenvalue weighted by molar-refractivity contribution is 5.57. The molecule has 2 nitrogen and oxygen atoms in total. The van der Waals surface area contributed by atoms with E-state index in [-0.39, 0.29) is 0 Å². The highest BCUT2D eigenvalue weighted by Crippen LogP contribution is 2.27. The molecule has 0 aromatic heterocycles. The molecule has 0 bridgehead atoms. The van der Waals surface area contributed by atoms with Crippen LogP contribution in [0.1, 0.15) is 29.5 Å². The molecule has 88 valence electrons. The molecule has 1 aromatic carbocycles. The summed E-state index contributed by atoms with van der Waals surface area (Å²) in [5.41, 5.74) is 11.2. The molecule has 0 aliphatic carbocycles. The third-order valence-electron chi connectivity index (χ3n) is 3.51. The Balaban J connectivity index is 2.29. The van der Waals surface area contributed by atoms with Gasteiger partial charge in [-0.2, -0.15) is 0 Å². The average molecular weight is 218 g/mol. The molecule has 1 aliphatic heterocycles. The zero-order valence-electron chi connectivity index (χ0n) is 10.4. The van der Waals surface area contributed by atoms with E-state index >= 15 is 0 Å². The summed E-state index contributed by atoms with van der Waals surface area (Å²) in [6, 6.07) is 4.65. The minimum absolute atomic E-state index is 0.739. The Kier molecular flexibility index (Phi) is 3.49. The lowest BCUT2D eigenvalue weighted by Gasteiger charge is -2.22. The van der Waals surface area contributed by atoms with Crippen LogP contribution in [0.25, 0.3) is 0 Å². The summed E-state index contributed by atoms with van der Waals surface area (Å²) in [7, 11) is 0. The Labute approximate surface area is 98.4 Å². The van der Waals surface area contributed by atoms with Gasteiger partial charge in [0.05, 0.1) is 0 Å². The summed E-state index contributed by atoms with van der Waals surface area (Å²) in [6.45, 7) is 7.59. The third-order valence-corrected chi connectivity index (χ3v) is 3.51. The van der Waals surface area contributed by atoms with E-state index in [0.29, 0.717) is 0 Å². The summed E-state index contributed by atoms with van der Waals surface area (Å²) < 4.78 is 0. The second kappa shape index (κ2) is 4.88. The molecule has 1 fully saturated rings. The van der Waals surface area contributed by atoms with Gasteiger partial charge in [0.2, 0.25) is 0 Å². The minimum atomic E-state index is 0.739. The van der Waals surface area contributed by atoms with Crippen molar-refractivity contribution in [1.82, 2.24) is 0 Å². The standard InChI is InChI=1S/C14H22N2/c1-11-10-14(16-7-3-4-8-16)12(2)9-13(11)5-6-15/h9-10H,3-8,15H2,1-2H3. The molecule has 0 unspecified atom stereocenters. The fourth-order valence-corrected chi connectivity index (χ4v) is 2.58. The van der Waals surface area contributed by atoms with Crippen molar-refractivity contribution in [3.63, 3.8) is 0 Å². The van der Waals surface area contributed by atoms with Crippen molar-refractivity contribution in [2.45, 2.75) is 33.1 Å². The SMILES string of the molecule is Cc1cc(N2CCCC2)c(C)cc1CCN. The first-order chi connectivity index (χ1) is 7.72. The number of aryl methyl sites for hydroxylation is 2. The first kappa shape index (κ1) is 11.5. The first-order valence-electron chi connectivity index (χ1n) is 6.27. The van der Waals surface area contributed by atoms with Gasteiger partial charge < -0.3 is 10.6 Å². The molecule has 0 amide bonds. The third kappa shape index (κ3) is 2.22. The van der Waals surface area contributed by atoms with Crippen LogP contribution in [0, 0.1) is 13.8 Å². The second-order valence-electron chi connectivity index (χ2n) is 4.80. The predicted octanol–water partition coefficient (Wildman–Crippen LogP) is 2.40. The number of hydrogen-bond donors (Lipinski definition) is 1. The number of benzene rings is 1. The largest absolute Gasteiger partial charge is 0.371 e. The first-order valence-corrected chi connectivity index (χ1v) is 6.27. The van der Waals surface area contributed by atoms with Crippen LogP contribution in [0.4, 0.5) is 5.69 Å². The molecular formula is C14H22N2. The topological polar surface area (TPSA) is 29.3 Å². The van der Waals surface area contributed by atoms with E-state index in [2.05, 4.69) is 30.9 Å². The van der Waals surface area contributed by atoms with Gasteiger partial charge in [0.1, 0.15) is 0 Å². The number of hydrogen-bond acceptors (Lipinski definition) is 2. The van der Waals surface area contributed by atoms with Crippen LogP contribution in [0.3, 0.4) is 0 Å². The zero-order chi connectivity index (χ0) is 11.5. The van der Waals surface area contributed by atoms with Crippen molar-refractivity contribution >= 4 is 5.69 Å². The monoisotopic (exact) mass is 218 g/mol. The summed E-state index contributed by atoms with van der Waals surface area (Å²) in [5.74, 6) is 0. The summed E-state index contributed by atoms with van der Waals surface area (Å²) in [4.78, 5) is 2.51. The van der Waals surface area contributed by atoms with E-state index in [1.54, 1.807) is 0 Å². The van der Waals surface area contributed by atoms with E-state index in [1.165, 1.54) is 48.3 Å². The molecule has 2 heteroatoms. The summed E-state index contributed by atoms with van der Waals surface area (Å²) in [5, 5.41) is 0. The van der Waals surface area contributed by atoms with E-state index < -0.39 is 0 Å². The van der Waals surface area contributed by atoms with Crippen LogP contribution in [0.15, 0.2) is 12.1 Å². The maximum absolute atomic E-state index is 5.63. The molecule has 1 saturated heterocycles. The van der Waals surface area contributed by atoms with Crippen LogP contribution in [0.5, 0.6) is 0 Å². The Morgan fingerprint density at radius 1 is 1.12 bits per heavy atom. The highest BCUT2D eigenvalue weighted by atomic mass is 15.1. The second-order valence-corrected chi connectivity index (χ2v) is 4.80. The van der Waals surface area contributed by atoms with Crippen molar-refractivity contribution in [3.8, 4) is 0 Å². The van der Waals surface area contributed by atoms with Crippen molar-refractivity contribution in [3.05, 3.63) is 28.8 Å². The predicted molar refractivity (Wildman–Crippen MR) is 70.1 cm³/mol. The fourth-order valence-electron chi connectivity index (χ4n) is 2.58. The number of nitrogens with zero attached hydrogens (tertiary/aromatic N) is 1. The van der Waals surface area contributed by atoms with Crippen molar-refractivity contribution in [2.75, 3.05) is 24.5 Å². The molecule has 0 saturated carbocycles. The lowest BCUT2D eigenvalue weighted by molar-refractivity contribution is 0.936. The Morgan fingerprint density at radius 3 is 2.44 bits per heavy atom. The lowest BCUT2D eigenvalue weighted by atomic mass is 10.0. The summed E-state index contributed by atoms with van der Waals surface area (Å²) >= 11 is 0. The van der Waals surface area contributed by atoms with Gasteiger partial charge in [-0.15, -0.1) is 0 Å². The normalized spacial score (nSPS) is 15.8. The van der Waals surface area contributed by atoms with Crippen LogP contribution in [-0.2, 0) is 6.42 Å². The maximum atomic E-state index is 5.63. The van der Waals surface area contributed by atoms with Gasteiger partial charge in [-0.1, -0.05) is 6.07 Å². The van der Waals surface area contributed by atoms with E-state index in [9.17, 15) is 0 Å².